The fourth-order valence-corrected chi connectivity index (χ4v) is 1.04. The largest absolute Gasteiger partial charge is 0.356 e. The van der Waals surface area contributed by atoms with E-state index in [0.29, 0.717) is 25.9 Å². The number of alkyl halides is 1. The van der Waals surface area contributed by atoms with E-state index in [0.717, 1.165) is 12.8 Å². The molecule has 0 fully saturated rings. The van der Waals surface area contributed by atoms with Crippen LogP contribution in [0.4, 0.5) is 4.39 Å². The molecule has 0 aromatic heterocycles. The monoisotopic (exact) mass is 205 g/mol. The molecule has 0 radical (unpaired) electrons. The van der Waals surface area contributed by atoms with Gasteiger partial charge in [0, 0.05) is 13.0 Å². The number of hydrogen-bond donors (Lipinski definition) is 3. The van der Waals surface area contributed by atoms with Gasteiger partial charge < -0.3 is 16.8 Å². The van der Waals surface area contributed by atoms with Crippen LogP contribution in [0.3, 0.4) is 0 Å². The maximum absolute atomic E-state index is 12.1. The summed E-state index contributed by atoms with van der Waals surface area (Å²) in [6.45, 7) is 1.30. The van der Waals surface area contributed by atoms with Gasteiger partial charge in [-0.25, -0.2) is 4.39 Å². The zero-order chi connectivity index (χ0) is 10.8. The number of rotatable bonds is 8. The molecule has 0 aliphatic heterocycles. The highest BCUT2D eigenvalue weighted by molar-refractivity contribution is 5.75. The van der Waals surface area contributed by atoms with Crippen LogP contribution >= 0.6 is 0 Å². The van der Waals surface area contributed by atoms with Gasteiger partial charge in [0.25, 0.3) is 0 Å². The third-order valence-electron chi connectivity index (χ3n) is 1.84. The Morgan fingerprint density at radius 2 is 2.07 bits per heavy atom. The molecule has 0 aromatic carbocycles. The van der Waals surface area contributed by atoms with E-state index in [1.165, 1.54) is 0 Å². The van der Waals surface area contributed by atoms with Gasteiger partial charge in [0.2, 0.25) is 5.91 Å². The van der Waals surface area contributed by atoms with Crippen molar-refractivity contribution in [2.24, 2.45) is 11.5 Å². The van der Waals surface area contributed by atoms with Crippen LogP contribution in [0.25, 0.3) is 0 Å². The molecule has 0 aromatic rings. The number of hydrogen-bond acceptors (Lipinski definition) is 3. The minimum Gasteiger partial charge on any atom is -0.356 e. The number of amides is 1. The second-order valence-corrected chi connectivity index (χ2v) is 3.25. The smallest absolute Gasteiger partial charge is 0.219 e. The van der Waals surface area contributed by atoms with Gasteiger partial charge in [-0.2, -0.15) is 0 Å². The van der Waals surface area contributed by atoms with Gasteiger partial charge in [-0.1, -0.05) is 0 Å². The summed E-state index contributed by atoms with van der Waals surface area (Å²) in [5.41, 5.74) is 10.2. The molecular formula is C9H20FN3O. The summed E-state index contributed by atoms with van der Waals surface area (Å²) in [6, 6.07) is 0. The van der Waals surface area contributed by atoms with Crippen molar-refractivity contribution >= 4 is 5.91 Å². The number of unbranched alkanes of at least 4 members (excludes halogenated alkanes) is 1. The normalized spacial score (nSPS) is 12.5. The highest BCUT2D eigenvalue weighted by atomic mass is 19.1. The van der Waals surface area contributed by atoms with Crippen LogP contribution in [0.5, 0.6) is 0 Å². The van der Waals surface area contributed by atoms with E-state index in [2.05, 4.69) is 5.32 Å². The zero-order valence-electron chi connectivity index (χ0n) is 8.47. The Kier molecular flexibility index (Phi) is 8.47. The number of nitrogens with one attached hydrogen (secondary N) is 1. The molecule has 1 unspecified atom stereocenters. The van der Waals surface area contributed by atoms with Crippen molar-refractivity contribution in [1.82, 2.24) is 5.32 Å². The Morgan fingerprint density at radius 1 is 1.36 bits per heavy atom. The fraction of sp³-hybridized carbons (Fsp3) is 0.889. The molecule has 4 nitrogen and oxygen atoms in total. The Balaban J connectivity index is 3.20. The van der Waals surface area contributed by atoms with Crippen LogP contribution in [-0.4, -0.2) is 25.3 Å². The van der Waals surface area contributed by atoms with Crippen molar-refractivity contribution in [3.8, 4) is 0 Å². The summed E-state index contributed by atoms with van der Waals surface area (Å²) in [4.78, 5) is 11.1. The third-order valence-corrected chi connectivity index (χ3v) is 1.84. The van der Waals surface area contributed by atoms with E-state index < -0.39 is 6.30 Å². The lowest BCUT2D eigenvalue weighted by Gasteiger charge is -2.04. The SMILES string of the molecule is NCCCCNC(=O)CCCC(N)F. The molecular weight excluding hydrogens is 185 g/mol. The van der Waals surface area contributed by atoms with Gasteiger partial charge in [-0.3, -0.25) is 4.79 Å². The quantitative estimate of drug-likeness (QED) is 0.393. The summed E-state index contributed by atoms with van der Waals surface area (Å²) in [5, 5.41) is 2.73. The van der Waals surface area contributed by atoms with Crippen molar-refractivity contribution in [2.45, 2.75) is 38.4 Å². The number of carbonyl (C=O) groups is 1. The second-order valence-electron chi connectivity index (χ2n) is 3.25. The number of carbonyl (C=O) groups excluding carboxylic acids is 1. The standard InChI is InChI=1S/C9H20FN3O/c10-8(12)4-3-5-9(14)13-7-2-1-6-11/h8H,1-7,11-12H2,(H,13,14). The molecule has 0 rings (SSSR count). The van der Waals surface area contributed by atoms with Crippen molar-refractivity contribution in [3.05, 3.63) is 0 Å². The van der Waals surface area contributed by atoms with Gasteiger partial charge in [0.05, 0.1) is 0 Å². The zero-order valence-corrected chi connectivity index (χ0v) is 8.47. The molecule has 0 spiro atoms. The lowest BCUT2D eigenvalue weighted by atomic mass is 10.2. The number of halogens is 1. The molecule has 5 heteroatoms. The van der Waals surface area contributed by atoms with Crippen LogP contribution < -0.4 is 16.8 Å². The molecule has 0 bridgehead atoms. The first-order chi connectivity index (χ1) is 6.66. The van der Waals surface area contributed by atoms with Gasteiger partial charge in [0.1, 0.15) is 6.30 Å². The van der Waals surface area contributed by atoms with Crippen molar-refractivity contribution < 1.29 is 9.18 Å². The third kappa shape index (κ3) is 9.41. The minimum atomic E-state index is -1.31. The van der Waals surface area contributed by atoms with E-state index in [4.69, 9.17) is 11.5 Å². The molecule has 1 amide bonds. The summed E-state index contributed by atoms with van der Waals surface area (Å²) in [7, 11) is 0. The van der Waals surface area contributed by atoms with Crippen LogP contribution in [0, 0.1) is 0 Å². The molecule has 14 heavy (non-hydrogen) atoms. The summed E-state index contributed by atoms with van der Waals surface area (Å²) in [6.07, 6.45) is 1.59. The summed E-state index contributed by atoms with van der Waals surface area (Å²) < 4.78 is 12.1. The van der Waals surface area contributed by atoms with Crippen LogP contribution in [0.15, 0.2) is 0 Å². The molecule has 5 N–H and O–H groups in total. The molecule has 0 aliphatic carbocycles. The maximum Gasteiger partial charge on any atom is 0.219 e. The van der Waals surface area contributed by atoms with E-state index in [-0.39, 0.29) is 12.3 Å². The molecule has 0 aliphatic rings. The molecule has 1 atom stereocenters. The Hall–Kier alpha value is -0.680. The summed E-state index contributed by atoms with van der Waals surface area (Å²) >= 11 is 0. The van der Waals surface area contributed by atoms with Crippen LogP contribution in [0.2, 0.25) is 0 Å². The van der Waals surface area contributed by atoms with Crippen LogP contribution in [-0.2, 0) is 4.79 Å². The van der Waals surface area contributed by atoms with E-state index in [1.807, 2.05) is 0 Å². The van der Waals surface area contributed by atoms with Gasteiger partial charge in [-0.15, -0.1) is 0 Å². The Bertz CT molecular complexity index is 153. The molecule has 0 saturated heterocycles. The Labute approximate surface area is 84.2 Å². The van der Waals surface area contributed by atoms with E-state index in [9.17, 15) is 9.18 Å². The minimum absolute atomic E-state index is 0.0392. The predicted octanol–water partition coefficient (Wildman–Crippen LogP) is 0.266. The molecule has 0 heterocycles. The van der Waals surface area contributed by atoms with Crippen molar-refractivity contribution in [2.75, 3.05) is 13.1 Å². The fourth-order valence-electron chi connectivity index (χ4n) is 1.04. The first kappa shape index (κ1) is 13.3. The average Bonchev–Trinajstić information content (AvgIpc) is 2.12. The maximum atomic E-state index is 12.1. The van der Waals surface area contributed by atoms with E-state index in [1.54, 1.807) is 0 Å². The van der Waals surface area contributed by atoms with Crippen molar-refractivity contribution in [1.29, 1.82) is 0 Å². The van der Waals surface area contributed by atoms with Crippen LogP contribution in [0.1, 0.15) is 32.1 Å². The number of nitrogens with two attached hydrogens (primary N) is 2. The first-order valence-corrected chi connectivity index (χ1v) is 5.03. The summed E-state index contributed by atoms with van der Waals surface area (Å²) in [5.74, 6) is -0.0392. The molecule has 0 saturated carbocycles. The highest BCUT2D eigenvalue weighted by Crippen LogP contribution is 1.99. The Morgan fingerprint density at radius 3 is 2.64 bits per heavy atom. The van der Waals surface area contributed by atoms with Gasteiger partial charge in [-0.05, 0) is 32.2 Å². The second kappa shape index (κ2) is 8.90. The van der Waals surface area contributed by atoms with Crippen molar-refractivity contribution in [3.63, 3.8) is 0 Å². The highest BCUT2D eigenvalue weighted by Gasteiger charge is 2.02. The van der Waals surface area contributed by atoms with E-state index >= 15 is 0 Å². The predicted molar refractivity (Wildman–Crippen MR) is 54.2 cm³/mol. The first-order valence-electron chi connectivity index (χ1n) is 5.03. The van der Waals surface area contributed by atoms with Gasteiger partial charge in [0.15, 0.2) is 0 Å². The topological polar surface area (TPSA) is 81.1 Å². The molecule has 84 valence electrons. The average molecular weight is 205 g/mol. The van der Waals surface area contributed by atoms with Gasteiger partial charge >= 0.3 is 0 Å². The lowest BCUT2D eigenvalue weighted by molar-refractivity contribution is -0.121. The lowest BCUT2D eigenvalue weighted by Crippen LogP contribution is -2.25.